The predicted octanol–water partition coefficient (Wildman–Crippen LogP) is 4.81. The van der Waals surface area contributed by atoms with Crippen molar-refractivity contribution in [1.82, 2.24) is 9.97 Å². The van der Waals surface area contributed by atoms with Gasteiger partial charge < -0.3 is 9.47 Å². The van der Waals surface area contributed by atoms with Gasteiger partial charge in [-0.3, -0.25) is 5.43 Å². The van der Waals surface area contributed by atoms with Crippen LogP contribution in [0.4, 0.5) is 5.82 Å². The number of benzene rings is 1. The van der Waals surface area contributed by atoms with Gasteiger partial charge in [0.15, 0.2) is 17.3 Å². The van der Waals surface area contributed by atoms with Crippen LogP contribution in [-0.2, 0) is 12.8 Å². The lowest BCUT2D eigenvalue weighted by molar-refractivity contribution is 0.287. The summed E-state index contributed by atoms with van der Waals surface area (Å²) >= 11 is 1.77. The standard InChI is InChI=1S/C21H24N4O2S/c1-4-26-16-10-9-14(11-17(16)27-5-2)13(3)24-25-20-19-15-7-6-8-18(15)28-21(19)23-12-22-20/h9-12H,4-8H2,1-3H3,(H,22,23,25)/b24-13-. The average Bonchev–Trinajstić information content (AvgIpc) is 3.29. The van der Waals surface area contributed by atoms with Gasteiger partial charge in [-0.25, -0.2) is 9.97 Å². The van der Waals surface area contributed by atoms with Crippen LogP contribution in [0.25, 0.3) is 10.2 Å². The summed E-state index contributed by atoms with van der Waals surface area (Å²) < 4.78 is 11.4. The molecule has 0 atom stereocenters. The van der Waals surface area contributed by atoms with E-state index in [1.165, 1.54) is 16.9 Å². The third-order valence-electron chi connectivity index (χ3n) is 4.79. The molecule has 1 aromatic carbocycles. The molecule has 28 heavy (non-hydrogen) atoms. The molecule has 0 fully saturated rings. The van der Waals surface area contributed by atoms with Crippen molar-refractivity contribution in [3.8, 4) is 11.5 Å². The minimum absolute atomic E-state index is 0.583. The minimum Gasteiger partial charge on any atom is -0.490 e. The molecule has 7 heteroatoms. The van der Waals surface area contributed by atoms with Gasteiger partial charge in [0.25, 0.3) is 0 Å². The number of aromatic nitrogens is 2. The van der Waals surface area contributed by atoms with Gasteiger partial charge in [0, 0.05) is 10.4 Å². The molecule has 146 valence electrons. The van der Waals surface area contributed by atoms with Crippen LogP contribution < -0.4 is 14.9 Å². The molecule has 0 saturated carbocycles. The Balaban J connectivity index is 1.62. The van der Waals surface area contributed by atoms with Crippen molar-refractivity contribution < 1.29 is 9.47 Å². The molecule has 0 amide bonds. The molecular weight excluding hydrogens is 372 g/mol. The zero-order valence-electron chi connectivity index (χ0n) is 16.4. The quantitative estimate of drug-likeness (QED) is 0.458. The average molecular weight is 397 g/mol. The molecule has 1 aliphatic rings. The highest BCUT2D eigenvalue weighted by atomic mass is 32.1. The number of ether oxygens (including phenoxy) is 2. The van der Waals surface area contributed by atoms with E-state index in [0.29, 0.717) is 13.2 Å². The van der Waals surface area contributed by atoms with E-state index in [1.807, 2.05) is 39.0 Å². The third-order valence-corrected chi connectivity index (χ3v) is 5.99. The second kappa shape index (κ2) is 8.14. The van der Waals surface area contributed by atoms with Gasteiger partial charge in [-0.1, -0.05) is 0 Å². The number of hydrazone groups is 1. The SMILES string of the molecule is CCOc1ccc(/C(C)=N\Nc2ncnc3sc4c(c23)CCC4)cc1OCC. The van der Waals surface area contributed by atoms with Crippen LogP contribution in [-0.4, -0.2) is 28.9 Å². The molecule has 0 unspecified atom stereocenters. The topological polar surface area (TPSA) is 68.6 Å². The molecule has 3 aromatic rings. The summed E-state index contributed by atoms with van der Waals surface area (Å²) in [5.41, 5.74) is 6.37. The number of nitrogens with zero attached hydrogens (tertiary/aromatic N) is 3. The second-order valence-corrected chi connectivity index (χ2v) is 7.68. The van der Waals surface area contributed by atoms with Crippen LogP contribution in [0.5, 0.6) is 11.5 Å². The lowest BCUT2D eigenvalue weighted by Gasteiger charge is -2.12. The predicted molar refractivity (Wildman–Crippen MR) is 114 cm³/mol. The lowest BCUT2D eigenvalue weighted by atomic mass is 10.1. The summed E-state index contributed by atoms with van der Waals surface area (Å²) in [5, 5.41) is 5.70. The highest BCUT2D eigenvalue weighted by Crippen LogP contribution is 2.39. The van der Waals surface area contributed by atoms with Crippen molar-refractivity contribution in [2.24, 2.45) is 5.10 Å². The first-order chi connectivity index (χ1) is 13.7. The second-order valence-electron chi connectivity index (χ2n) is 6.60. The van der Waals surface area contributed by atoms with E-state index in [-0.39, 0.29) is 0 Å². The van der Waals surface area contributed by atoms with E-state index in [9.17, 15) is 0 Å². The summed E-state index contributed by atoms with van der Waals surface area (Å²) in [6.07, 6.45) is 5.05. The highest BCUT2D eigenvalue weighted by molar-refractivity contribution is 7.19. The Labute approximate surface area is 168 Å². The Hall–Kier alpha value is -2.67. The van der Waals surface area contributed by atoms with Crippen molar-refractivity contribution >= 4 is 33.1 Å². The summed E-state index contributed by atoms with van der Waals surface area (Å²) in [5.74, 6) is 2.26. The van der Waals surface area contributed by atoms with Crippen LogP contribution in [0.1, 0.15) is 43.2 Å². The number of anilines is 1. The molecule has 1 N–H and O–H groups in total. The zero-order valence-corrected chi connectivity index (χ0v) is 17.2. The Bertz CT molecular complexity index is 1030. The first-order valence-electron chi connectivity index (χ1n) is 9.66. The number of hydrogen-bond acceptors (Lipinski definition) is 7. The van der Waals surface area contributed by atoms with Gasteiger partial charge in [0.2, 0.25) is 0 Å². The molecule has 0 radical (unpaired) electrons. The fourth-order valence-corrected chi connectivity index (χ4v) is 4.72. The van der Waals surface area contributed by atoms with Gasteiger partial charge in [-0.05, 0) is 63.8 Å². The molecule has 4 rings (SSSR count). The maximum absolute atomic E-state index is 5.72. The Kier molecular flexibility index (Phi) is 5.43. The highest BCUT2D eigenvalue weighted by Gasteiger charge is 2.21. The molecule has 0 bridgehead atoms. The Morgan fingerprint density at radius 3 is 2.79 bits per heavy atom. The van der Waals surface area contributed by atoms with Crippen molar-refractivity contribution in [2.45, 2.75) is 40.0 Å². The van der Waals surface area contributed by atoms with Crippen LogP contribution in [0.3, 0.4) is 0 Å². The van der Waals surface area contributed by atoms with Crippen LogP contribution in [0.15, 0.2) is 29.6 Å². The van der Waals surface area contributed by atoms with Crippen molar-refractivity contribution in [1.29, 1.82) is 0 Å². The number of nitrogens with one attached hydrogen (secondary N) is 1. The van der Waals surface area contributed by atoms with E-state index < -0.39 is 0 Å². The van der Waals surface area contributed by atoms with Crippen LogP contribution >= 0.6 is 11.3 Å². The van der Waals surface area contributed by atoms with E-state index in [4.69, 9.17) is 9.47 Å². The van der Waals surface area contributed by atoms with E-state index >= 15 is 0 Å². The smallest absolute Gasteiger partial charge is 0.161 e. The monoisotopic (exact) mass is 396 g/mol. The van der Waals surface area contributed by atoms with Gasteiger partial charge in [-0.15, -0.1) is 11.3 Å². The molecule has 6 nitrogen and oxygen atoms in total. The minimum atomic E-state index is 0.583. The molecule has 2 heterocycles. The van der Waals surface area contributed by atoms with Crippen molar-refractivity contribution in [3.05, 3.63) is 40.5 Å². The number of hydrogen-bond donors (Lipinski definition) is 1. The lowest BCUT2D eigenvalue weighted by Crippen LogP contribution is -2.04. The van der Waals surface area contributed by atoms with Gasteiger partial charge >= 0.3 is 0 Å². The van der Waals surface area contributed by atoms with Crippen molar-refractivity contribution in [2.75, 3.05) is 18.6 Å². The molecule has 0 spiro atoms. The molecule has 2 aromatic heterocycles. The maximum Gasteiger partial charge on any atom is 0.161 e. The maximum atomic E-state index is 5.72. The van der Waals surface area contributed by atoms with E-state index in [1.54, 1.807) is 17.7 Å². The largest absolute Gasteiger partial charge is 0.490 e. The fraction of sp³-hybridized carbons (Fsp3) is 0.381. The normalized spacial score (nSPS) is 13.6. The molecular formula is C21H24N4O2S. The summed E-state index contributed by atoms with van der Waals surface area (Å²) in [6, 6.07) is 5.89. The van der Waals surface area contributed by atoms with Gasteiger partial charge in [-0.2, -0.15) is 5.10 Å². The zero-order chi connectivity index (χ0) is 19.5. The Morgan fingerprint density at radius 1 is 1.14 bits per heavy atom. The number of rotatable bonds is 7. The summed E-state index contributed by atoms with van der Waals surface area (Å²) in [6.45, 7) is 7.08. The summed E-state index contributed by atoms with van der Waals surface area (Å²) in [7, 11) is 0. The Morgan fingerprint density at radius 2 is 1.96 bits per heavy atom. The number of aryl methyl sites for hydroxylation is 2. The van der Waals surface area contributed by atoms with E-state index in [2.05, 4.69) is 20.5 Å². The van der Waals surface area contributed by atoms with Gasteiger partial charge in [0.05, 0.1) is 24.3 Å². The van der Waals surface area contributed by atoms with Crippen LogP contribution in [0, 0.1) is 0 Å². The number of fused-ring (bicyclic) bond motifs is 3. The van der Waals surface area contributed by atoms with Crippen LogP contribution in [0.2, 0.25) is 0 Å². The fourth-order valence-electron chi connectivity index (χ4n) is 3.49. The molecule has 1 aliphatic carbocycles. The first-order valence-corrected chi connectivity index (χ1v) is 10.5. The van der Waals surface area contributed by atoms with Gasteiger partial charge in [0.1, 0.15) is 11.2 Å². The molecule has 0 saturated heterocycles. The summed E-state index contributed by atoms with van der Waals surface area (Å²) in [4.78, 5) is 11.4. The van der Waals surface area contributed by atoms with Crippen molar-refractivity contribution in [3.63, 3.8) is 0 Å². The van der Waals surface area contributed by atoms with E-state index in [0.717, 1.165) is 51.7 Å². The first kappa shape index (κ1) is 18.7. The molecule has 0 aliphatic heterocycles. The number of thiophene rings is 1. The third kappa shape index (κ3) is 3.54.